The van der Waals surface area contributed by atoms with Crippen LogP contribution in [-0.4, -0.2) is 46.1 Å². The Bertz CT molecular complexity index is 426. The number of carboxylic acid groups (broad SMARTS) is 1. The highest BCUT2D eigenvalue weighted by Gasteiger charge is 2.26. The molecule has 2 heterocycles. The van der Waals surface area contributed by atoms with Gasteiger partial charge in [-0.05, 0) is 19.4 Å². The van der Waals surface area contributed by atoms with Crippen LogP contribution >= 0.6 is 0 Å². The molecule has 1 saturated heterocycles. The first kappa shape index (κ1) is 13.5. The van der Waals surface area contributed by atoms with Gasteiger partial charge < -0.3 is 20.7 Å². The quantitative estimate of drug-likeness (QED) is 0.576. The van der Waals surface area contributed by atoms with Crippen molar-refractivity contribution in [3.63, 3.8) is 0 Å². The van der Waals surface area contributed by atoms with E-state index in [2.05, 4.69) is 20.6 Å². The van der Waals surface area contributed by atoms with Gasteiger partial charge in [0.05, 0.1) is 12.2 Å². The third-order valence-corrected chi connectivity index (χ3v) is 3.26. The summed E-state index contributed by atoms with van der Waals surface area (Å²) in [5.74, 6) is -1.37. The number of amides is 1. The third-order valence-electron chi connectivity index (χ3n) is 3.26. The van der Waals surface area contributed by atoms with E-state index in [0.29, 0.717) is 12.2 Å². The zero-order valence-corrected chi connectivity index (χ0v) is 10.6. The van der Waals surface area contributed by atoms with Crippen molar-refractivity contribution in [3.8, 4) is 0 Å². The molecule has 4 N–H and O–H groups in total. The van der Waals surface area contributed by atoms with E-state index in [1.54, 1.807) is 6.20 Å². The summed E-state index contributed by atoms with van der Waals surface area (Å²) in [4.78, 5) is 29.9. The lowest BCUT2D eigenvalue weighted by molar-refractivity contribution is -0.142. The molecular formula is C12H18N4O3. The summed E-state index contributed by atoms with van der Waals surface area (Å²) in [6.07, 6.45) is 5.00. The van der Waals surface area contributed by atoms with Crippen LogP contribution in [0.2, 0.25) is 0 Å². The molecule has 0 aliphatic carbocycles. The Labute approximate surface area is 110 Å². The Hall–Kier alpha value is -1.89. The molecule has 0 saturated carbocycles. The number of hydrogen-bond acceptors (Lipinski definition) is 4. The van der Waals surface area contributed by atoms with Crippen molar-refractivity contribution in [1.29, 1.82) is 0 Å². The zero-order valence-electron chi connectivity index (χ0n) is 10.6. The largest absolute Gasteiger partial charge is 0.480 e. The van der Waals surface area contributed by atoms with Gasteiger partial charge in [0, 0.05) is 24.9 Å². The van der Waals surface area contributed by atoms with Crippen LogP contribution in [0, 0.1) is 5.92 Å². The van der Waals surface area contributed by atoms with Crippen LogP contribution in [0.25, 0.3) is 0 Å². The van der Waals surface area contributed by atoms with E-state index in [1.165, 1.54) is 6.33 Å². The van der Waals surface area contributed by atoms with E-state index < -0.39 is 12.0 Å². The smallest absolute Gasteiger partial charge is 0.326 e. The van der Waals surface area contributed by atoms with E-state index in [4.69, 9.17) is 5.11 Å². The maximum atomic E-state index is 12.0. The molecule has 7 nitrogen and oxygen atoms in total. The number of aromatic amines is 1. The Morgan fingerprint density at radius 1 is 1.58 bits per heavy atom. The lowest BCUT2D eigenvalue weighted by atomic mass is 9.98. The normalized spacial score (nSPS) is 20.7. The predicted molar refractivity (Wildman–Crippen MR) is 67.5 cm³/mol. The van der Waals surface area contributed by atoms with Crippen molar-refractivity contribution in [2.45, 2.75) is 25.3 Å². The number of rotatable bonds is 5. The van der Waals surface area contributed by atoms with Crippen molar-refractivity contribution in [1.82, 2.24) is 20.6 Å². The fourth-order valence-corrected chi connectivity index (χ4v) is 2.18. The summed E-state index contributed by atoms with van der Waals surface area (Å²) in [6, 6.07) is -0.921. The summed E-state index contributed by atoms with van der Waals surface area (Å²) >= 11 is 0. The number of carboxylic acids is 1. The molecule has 1 fully saturated rings. The van der Waals surface area contributed by atoms with E-state index in [9.17, 15) is 9.59 Å². The van der Waals surface area contributed by atoms with E-state index in [0.717, 1.165) is 19.4 Å². The predicted octanol–water partition coefficient (Wildman–Crippen LogP) is -0.479. The first-order valence-electron chi connectivity index (χ1n) is 6.38. The monoisotopic (exact) mass is 266 g/mol. The first-order chi connectivity index (χ1) is 9.16. The first-order valence-corrected chi connectivity index (χ1v) is 6.38. The van der Waals surface area contributed by atoms with Crippen LogP contribution in [0.4, 0.5) is 0 Å². The number of aromatic nitrogens is 2. The number of nitrogens with zero attached hydrogens (tertiary/aromatic N) is 1. The molecule has 1 aliphatic heterocycles. The van der Waals surface area contributed by atoms with Crippen LogP contribution < -0.4 is 10.6 Å². The van der Waals surface area contributed by atoms with Gasteiger partial charge in [0.15, 0.2) is 0 Å². The number of carbonyl (C=O) groups is 2. The standard InChI is InChI=1S/C12H18N4O3/c17-11(8-2-1-3-13-5-8)16-10(12(18)19)4-9-6-14-7-15-9/h6-8,10,13H,1-5H2,(H,14,15)(H,16,17)(H,18,19)/t8?,10-/m0/s1. The minimum atomic E-state index is -1.04. The fourth-order valence-electron chi connectivity index (χ4n) is 2.18. The number of carbonyl (C=O) groups excluding carboxylic acids is 1. The zero-order chi connectivity index (χ0) is 13.7. The highest BCUT2D eigenvalue weighted by molar-refractivity contribution is 5.85. The average molecular weight is 266 g/mol. The lowest BCUT2D eigenvalue weighted by Crippen LogP contribution is -2.48. The molecule has 1 amide bonds. The van der Waals surface area contributed by atoms with Crippen LogP contribution in [0.1, 0.15) is 18.5 Å². The van der Waals surface area contributed by atoms with E-state index >= 15 is 0 Å². The van der Waals surface area contributed by atoms with E-state index in [-0.39, 0.29) is 18.2 Å². The van der Waals surface area contributed by atoms with Crippen molar-refractivity contribution in [3.05, 3.63) is 18.2 Å². The molecule has 104 valence electrons. The summed E-state index contributed by atoms with van der Waals surface area (Å²) in [7, 11) is 0. The molecule has 1 unspecified atom stereocenters. The number of nitrogens with one attached hydrogen (secondary N) is 3. The molecule has 7 heteroatoms. The second-order valence-corrected chi connectivity index (χ2v) is 4.72. The van der Waals surface area contributed by atoms with Crippen LogP contribution in [0.5, 0.6) is 0 Å². The van der Waals surface area contributed by atoms with Crippen molar-refractivity contribution in [2.24, 2.45) is 5.92 Å². The molecule has 0 bridgehead atoms. The number of hydrogen-bond donors (Lipinski definition) is 4. The Balaban J connectivity index is 1.92. The van der Waals surface area contributed by atoms with Gasteiger partial charge in [-0.15, -0.1) is 0 Å². The summed E-state index contributed by atoms with van der Waals surface area (Å²) in [5, 5.41) is 14.9. The van der Waals surface area contributed by atoms with Gasteiger partial charge >= 0.3 is 5.97 Å². The van der Waals surface area contributed by atoms with Gasteiger partial charge in [0.2, 0.25) is 5.91 Å². The van der Waals surface area contributed by atoms with Gasteiger partial charge in [-0.1, -0.05) is 0 Å². The molecule has 1 aromatic heterocycles. The number of aliphatic carboxylic acids is 1. The van der Waals surface area contributed by atoms with Crippen LogP contribution in [-0.2, 0) is 16.0 Å². The molecule has 2 atom stereocenters. The third kappa shape index (κ3) is 3.78. The number of H-pyrrole nitrogens is 1. The molecule has 1 aromatic rings. The maximum Gasteiger partial charge on any atom is 0.326 e. The Morgan fingerprint density at radius 2 is 2.42 bits per heavy atom. The fraction of sp³-hybridized carbons (Fsp3) is 0.583. The van der Waals surface area contributed by atoms with E-state index in [1.807, 2.05) is 0 Å². The molecular weight excluding hydrogens is 248 g/mol. The minimum Gasteiger partial charge on any atom is -0.480 e. The molecule has 0 spiro atoms. The number of imidazole rings is 1. The Morgan fingerprint density at radius 3 is 3.00 bits per heavy atom. The summed E-state index contributed by atoms with van der Waals surface area (Å²) in [6.45, 7) is 1.53. The van der Waals surface area contributed by atoms with Gasteiger partial charge in [0.1, 0.15) is 6.04 Å². The topological polar surface area (TPSA) is 107 Å². The van der Waals surface area contributed by atoms with Crippen LogP contribution in [0.3, 0.4) is 0 Å². The Kier molecular flexibility index (Phi) is 4.51. The second-order valence-electron chi connectivity index (χ2n) is 4.72. The van der Waals surface area contributed by atoms with Gasteiger partial charge in [-0.25, -0.2) is 9.78 Å². The SMILES string of the molecule is O=C(N[C@@H](Cc1cnc[nH]1)C(=O)O)C1CCCNC1. The van der Waals surface area contributed by atoms with Crippen LogP contribution in [0.15, 0.2) is 12.5 Å². The maximum absolute atomic E-state index is 12.0. The van der Waals surface area contributed by atoms with Crippen molar-refractivity contribution >= 4 is 11.9 Å². The second kappa shape index (κ2) is 6.33. The summed E-state index contributed by atoms with van der Waals surface area (Å²) < 4.78 is 0. The van der Waals surface area contributed by atoms with Crippen molar-refractivity contribution < 1.29 is 14.7 Å². The average Bonchev–Trinajstić information content (AvgIpc) is 2.91. The van der Waals surface area contributed by atoms with Gasteiger partial charge in [0.25, 0.3) is 0 Å². The van der Waals surface area contributed by atoms with Gasteiger partial charge in [-0.2, -0.15) is 0 Å². The van der Waals surface area contributed by atoms with Crippen molar-refractivity contribution in [2.75, 3.05) is 13.1 Å². The molecule has 0 radical (unpaired) electrons. The molecule has 19 heavy (non-hydrogen) atoms. The molecule has 0 aromatic carbocycles. The highest BCUT2D eigenvalue weighted by Crippen LogP contribution is 2.10. The number of piperidine rings is 1. The lowest BCUT2D eigenvalue weighted by Gasteiger charge is -2.23. The summed E-state index contributed by atoms with van der Waals surface area (Å²) in [5.41, 5.74) is 0.689. The molecule has 2 rings (SSSR count). The van der Waals surface area contributed by atoms with Gasteiger partial charge in [-0.3, -0.25) is 4.79 Å². The molecule has 1 aliphatic rings. The highest BCUT2D eigenvalue weighted by atomic mass is 16.4. The minimum absolute atomic E-state index is 0.141.